The molecule has 0 saturated carbocycles. The molecule has 0 bridgehead atoms. The number of allylic oxidation sites excluding steroid dienone is 1. The van der Waals surface area contributed by atoms with Crippen LogP contribution in [0.1, 0.15) is 70.6 Å². The Labute approximate surface area is 154 Å². The number of hydrogen-bond donors (Lipinski definition) is 0. The zero-order valence-electron chi connectivity index (χ0n) is 14.5. The Morgan fingerprint density at radius 2 is 1.26 bits per heavy atom. The molecule has 4 nitrogen and oxygen atoms in total. The van der Waals surface area contributed by atoms with E-state index in [4.69, 9.17) is 0 Å². The van der Waals surface area contributed by atoms with Crippen LogP contribution in [-0.4, -0.2) is 26.2 Å². The van der Waals surface area contributed by atoms with Gasteiger partial charge in [0.2, 0.25) is 0 Å². The molecule has 0 aliphatic rings. The van der Waals surface area contributed by atoms with Crippen molar-refractivity contribution in [1.82, 2.24) is 0 Å². The highest BCUT2D eigenvalue weighted by Gasteiger charge is 2.27. The molecule has 0 aromatic carbocycles. The summed E-state index contributed by atoms with van der Waals surface area (Å²) in [6.07, 6.45) is 14.7. The summed E-state index contributed by atoms with van der Waals surface area (Å²) in [5, 5.41) is 0. The van der Waals surface area contributed by atoms with E-state index in [9.17, 15) is 9.59 Å². The lowest BCUT2D eigenvalue weighted by molar-refractivity contribution is -0.159. The summed E-state index contributed by atoms with van der Waals surface area (Å²) in [4.78, 5) is 23.0. The lowest BCUT2D eigenvalue weighted by Gasteiger charge is -2.11. The van der Waals surface area contributed by atoms with E-state index in [2.05, 4.69) is 42.2 Å². The minimum atomic E-state index is -0.762. The lowest BCUT2D eigenvalue weighted by Crippen LogP contribution is -2.26. The maximum Gasteiger partial charge on any atom is 0.320 e. The van der Waals surface area contributed by atoms with E-state index in [-0.39, 0.29) is 0 Å². The van der Waals surface area contributed by atoms with Crippen LogP contribution in [0, 0.1) is 5.92 Å². The first-order chi connectivity index (χ1) is 11.2. The third-order valence-corrected chi connectivity index (χ3v) is 4.43. The molecule has 0 atom stereocenters. The topological polar surface area (TPSA) is 52.6 Å². The Bertz CT molecular complexity index is 326. The molecule has 0 aromatic rings. The molecule has 0 saturated heterocycles. The number of carbonyl (C=O) groups excluding carboxylic acids is 2. The number of rotatable bonds is 14. The molecule has 0 aliphatic heterocycles. The van der Waals surface area contributed by atoms with Crippen LogP contribution in [0.3, 0.4) is 0 Å². The van der Waals surface area contributed by atoms with Crippen molar-refractivity contribution in [2.75, 3.05) is 14.2 Å². The molecule has 0 unspecified atom stereocenters. The quantitative estimate of drug-likeness (QED) is 0.162. The Balaban J connectivity index is 3.53. The largest absolute Gasteiger partial charge is 0.468 e. The average molecular weight is 438 g/mol. The zero-order valence-corrected chi connectivity index (χ0v) is 16.7. The van der Waals surface area contributed by atoms with Gasteiger partial charge in [0.05, 0.1) is 14.2 Å². The molecule has 5 heteroatoms. The van der Waals surface area contributed by atoms with E-state index < -0.39 is 17.9 Å². The highest BCUT2D eigenvalue weighted by atomic mass is 127. The molecule has 0 spiro atoms. The van der Waals surface area contributed by atoms with Gasteiger partial charge in [0, 0.05) is 0 Å². The van der Waals surface area contributed by atoms with E-state index in [1.54, 1.807) is 0 Å². The third kappa shape index (κ3) is 12.5. The van der Waals surface area contributed by atoms with Crippen LogP contribution in [0.5, 0.6) is 0 Å². The van der Waals surface area contributed by atoms with Crippen LogP contribution in [0.25, 0.3) is 0 Å². The van der Waals surface area contributed by atoms with Crippen molar-refractivity contribution in [2.24, 2.45) is 5.92 Å². The lowest BCUT2D eigenvalue weighted by atomic mass is 10.00. The van der Waals surface area contributed by atoms with Gasteiger partial charge in [-0.1, -0.05) is 80.0 Å². The van der Waals surface area contributed by atoms with Gasteiger partial charge in [-0.05, 0) is 23.3 Å². The van der Waals surface area contributed by atoms with Crippen molar-refractivity contribution < 1.29 is 19.1 Å². The highest BCUT2D eigenvalue weighted by Crippen LogP contribution is 2.16. The normalized spacial score (nSPS) is 11.1. The summed E-state index contributed by atoms with van der Waals surface area (Å²) >= 11 is 2.26. The molecule has 0 rings (SSSR count). The van der Waals surface area contributed by atoms with Gasteiger partial charge in [-0.15, -0.1) is 0 Å². The maximum atomic E-state index is 11.5. The van der Waals surface area contributed by atoms with Gasteiger partial charge in [0.15, 0.2) is 5.92 Å². The van der Waals surface area contributed by atoms with E-state index in [1.807, 2.05) is 0 Å². The summed E-state index contributed by atoms with van der Waals surface area (Å²) in [6, 6.07) is 0. The van der Waals surface area contributed by atoms with Gasteiger partial charge in [-0.2, -0.15) is 0 Å². The van der Waals surface area contributed by atoms with Gasteiger partial charge < -0.3 is 9.47 Å². The molecular weight excluding hydrogens is 407 g/mol. The fourth-order valence-electron chi connectivity index (χ4n) is 2.53. The molecule has 0 aromatic heterocycles. The van der Waals surface area contributed by atoms with Crippen LogP contribution < -0.4 is 0 Å². The number of methoxy groups -OCH3 is 2. The second-order valence-corrected chi connectivity index (χ2v) is 6.44. The predicted molar refractivity (Wildman–Crippen MR) is 101 cm³/mol. The van der Waals surface area contributed by atoms with Crippen LogP contribution in [0.2, 0.25) is 0 Å². The number of esters is 2. The second-order valence-electron chi connectivity index (χ2n) is 5.72. The molecule has 0 N–H and O–H groups in total. The number of halogens is 1. The maximum absolute atomic E-state index is 11.5. The second kappa shape index (κ2) is 16.3. The van der Waals surface area contributed by atoms with Crippen LogP contribution in [0.4, 0.5) is 0 Å². The van der Waals surface area contributed by atoms with Crippen LogP contribution >= 0.6 is 22.6 Å². The Morgan fingerprint density at radius 3 is 1.70 bits per heavy atom. The van der Waals surface area contributed by atoms with Crippen molar-refractivity contribution in [1.29, 1.82) is 0 Å². The Hall–Kier alpha value is -0.590. The molecule has 0 heterocycles. The molecule has 0 radical (unpaired) electrons. The van der Waals surface area contributed by atoms with Crippen molar-refractivity contribution in [3.63, 3.8) is 0 Å². The first kappa shape index (κ1) is 22.4. The zero-order chi connectivity index (χ0) is 17.3. The van der Waals surface area contributed by atoms with Gasteiger partial charge in [-0.25, -0.2) is 0 Å². The molecule has 0 aliphatic carbocycles. The number of carbonyl (C=O) groups is 2. The first-order valence-corrected chi connectivity index (χ1v) is 9.82. The van der Waals surface area contributed by atoms with E-state index in [0.29, 0.717) is 6.42 Å². The molecule has 23 heavy (non-hydrogen) atoms. The minimum absolute atomic E-state index is 0.491. The first-order valence-electron chi connectivity index (χ1n) is 8.58. The number of hydrogen-bond acceptors (Lipinski definition) is 4. The number of unbranched alkanes of at least 4 members (excludes halogenated alkanes) is 9. The summed E-state index contributed by atoms with van der Waals surface area (Å²) in [5.41, 5.74) is 0. The van der Waals surface area contributed by atoms with Gasteiger partial charge in [-0.3, -0.25) is 9.59 Å². The van der Waals surface area contributed by atoms with Crippen molar-refractivity contribution in [3.8, 4) is 0 Å². The fraction of sp³-hybridized carbons (Fsp3) is 0.778. The summed E-state index contributed by atoms with van der Waals surface area (Å²) in [5.74, 6) is -1.75. The molecular formula is C18H31IO4. The smallest absolute Gasteiger partial charge is 0.320 e. The molecule has 0 amide bonds. The van der Waals surface area contributed by atoms with E-state index in [0.717, 1.165) is 19.3 Å². The Kier molecular flexibility index (Phi) is 15.9. The van der Waals surface area contributed by atoms with Gasteiger partial charge in [0.25, 0.3) is 0 Å². The average Bonchev–Trinajstić information content (AvgIpc) is 2.57. The van der Waals surface area contributed by atoms with Crippen molar-refractivity contribution >= 4 is 34.5 Å². The van der Waals surface area contributed by atoms with E-state index in [1.165, 1.54) is 59.2 Å². The third-order valence-electron chi connectivity index (χ3n) is 3.92. The van der Waals surface area contributed by atoms with Crippen LogP contribution in [0.15, 0.2) is 10.2 Å². The highest BCUT2D eigenvalue weighted by molar-refractivity contribution is 14.1. The summed E-state index contributed by atoms with van der Waals surface area (Å²) in [7, 11) is 2.60. The summed E-state index contributed by atoms with van der Waals surface area (Å²) < 4.78 is 11.4. The Morgan fingerprint density at radius 1 is 0.826 bits per heavy atom. The van der Waals surface area contributed by atoms with Crippen molar-refractivity contribution in [2.45, 2.75) is 70.6 Å². The van der Waals surface area contributed by atoms with Gasteiger partial charge >= 0.3 is 11.9 Å². The standard InChI is InChI=1S/C18H31IO4/c1-22-17(20)16(18(21)23-2)14-12-10-8-6-4-3-5-7-9-11-13-15-19/h13,15-16H,3-12,14H2,1-2H3. The predicted octanol–water partition coefficient (Wildman–Crippen LogP) is 5.19. The molecule has 0 fully saturated rings. The monoisotopic (exact) mass is 438 g/mol. The van der Waals surface area contributed by atoms with Crippen LogP contribution in [-0.2, 0) is 19.1 Å². The SMILES string of the molecule is COC(=O)C(CCCCCCCCCCCC=CI)C(=O)OC. The van der Waals surface area contributed by atoms with Crippen molar-refractivity contribution in [3.05, 3.63) is 10.2 Å². The van der Waals surface area contributed by atoms with Gasteiger partial charge in [0.1, 0.15) is 0 Å². The number of ether oxygens (including phenoxy) is 2. The summed E-state index contributed by atoms with van der Waals surface area (Å²) in [6.45, 7) is 0. The fourth-order valence-corrected chi connectivity index (χ4v) is 2.89. The minimum Gasteiger partial charge on any atom is -0.468 e. The molecule has 134 valence electrons. The van der Waals surface area contributed by atoms with E-state index >= 15 is 0 Å².